The molecule has 26 heteroatoms. The van der Waals surface area contributed by atoms with E-state index >= 15 is 0 Å². The summed E-state index contributed by atoms with van der Waals surface area (Å²) < 4.78 is 111. The van der Waals surface area contributed by atoms with Crippen LogP contribution in [0.15, 0.2) is 109 Å². The van der Waals surface area contributed by atoms with Crippen LogP contribution in [-0.2, 0) is 96.7 Å². The molecule has 0 saturated carbocycles. The first-order valence-electron chi connectivity index (χ1n) is 35.4. The minimum atomic E-state index is -4.50. The van der Waals surface area contributed by atoms with Crippen molar-refractivity contribution in [2.24, 2.45) is 0 Å². The molecule has 0 radical (unpaired) electrons. The summed E-state index contributed by atoms with van der Waals surface area (Å²) in [5.41, 5.74) is 6.30. The Bertz CT molecular complexity index is 3100. The van der Waals surface area contributed by atoms with Crippen LogP contribution >= 0.6 is 0 Å². The van der Waals surface area contributed by atoms with Crippen molar-refractivity contribution in [3.63, 3.8) is 0 Å². The smallest absolute Gasteiger partial charge is 0.382 e. The molecular formula is C76H109F3N6O17. The van der Waals surface area contributed by atoms with E-state index in [-0.39, 0.29) is 29.8 Å². The van der Waals surface area contributed by atoms with Crippen LogP contribution in [-0.4, -0.2) is 250 Å². The first-order chi connectivity index (χ1) is 49.7. The minimum absolute atomic E-state index is 0.0295. The molecule has 0 spiro atoms. The average Bonchev–Trinajstić information content (AvgIpc) is 0.803. The number of carbonyl (C=O) groups excluding carboxylic acids is 4. The molecule has 1 saturated heterocycles. The van der Waals surface area contributed by atoms with Gasteiger partial charge >= 0.3 is 6.18 Å². The number of ether oxygens (including phenoxy) is 13. The van der Waals surface area contributed by atoms with Gasteiger partial charge < -0.3 is 86.9 Å². The molecule has 0 bridgehead atoms. The minimum Gasteiger partial charge on any atom is -0.382 e. The van der Waals surface area contributed by atoms with Crippen molar-refractivity contribution in [2.75, 3.05) is 222 Å². The molecule has 0 atom stereocenters. The molecule has 2 heterocycles. The number of hydrogen-bond donors (Lipinski definition) is 2. The van der Waals surface area contributed by atoms with Gasteiger partial charge in [0.05, 0.1) is 175 Å². The number of carbonyl (C=O) groups is 4. The van der Waals surface area contributed by atoms with Crippen molar-refractivity contribution >= 4 is 35.0 Å². The second-order valence-corrected chi connectivity index (χ2v) is 23.5. The predicted molar refractivity (Wildman–Crippen MR) is 383 cm³/mol. The second kappa shape index (κ2) is 52.9. The lowest BCUT2D eigenvalue weighted by atomic mass is 10.0. The number of hydrogen-bond acceptors (Lipinski definition) is 19. The third kappa shape index (κ3) is 36.9. The van der Waals surface area contributed by atoms with E-state index in [9.17, 15) is 32.3 Å². The zero-order valence-corrected chi connectivity index (χ0v) is 60.4. The van der Waals surface area contributed by atoms with Gasteiger partial charge in [-0.25, -0.2) is 0 Å². The van der Waals surface area contributed by atoms with Gasteiger partial charge in [0, 0.05) is 102 Å². The normalized spacial score (nSPS) is 12.3. The number of methoxy groups -OCH3 is 1. The highest BCUT2D eigenvalue weighted by Gasteiger charge is 2.30. The number of aromatic nitrogens is 1. The molecular weight excluding hydrogens is 1330 g/mol. The topological polar surface area (TPSA) is 235 Å². The van der Waals surface area contributed by atoms with E-state index in [4.69, 9.17) is 61.6 Å². The predicted octanol–water partition coefficient (Wildman–Crippen LogP) is 9.58. The first-order valence-corrected chi connectivity index (χ1v) is 35.4. The number of aryl methyl sites for hydroxylation is 3. The molecule has 4 aromatic carbocycles. The van der Waals surface area contributed by atoms with Crippen molar-refractivity contribution in [1.82, 2.24) is 20.1 Å². The molecule has 0 aliphatic carbocycles. The maximum atomic E-state index is 13.7. The number of rotatable bonds is 53. The van der Waals surface area contributed by atoms with Gasteiger partial charge in [0.25, 0.3) is 11.8 Å². The SMILES string of the molecule is CCN(CC)c1ccc(NC(=O)c2cccc(CCCOCCOCCOCCOCCC(=O)N3CCN(C(C)=O)CC3)c2)c(-c2cc(C(=O)NCc3cccc(C(F)(F)F)c3)ccn2)c1.COCCOCCOCCOCCOCCOCCOCCOCCOCCCc1cccc(C)c1. The van der Waals surface area contributed by atoms with E-state index in [1.807, 2.05) is 50.2 Å². The highest BCUT2D eigenvalue weighted by Crippen LogP contribution is 2.33. The number of nitrogens with zero attached hydrogens (tertiary/aromatic N) is 4. The molecule has 5 aromatic rings. The maximum Gasteiger partial charge on any atom is 0.416 e. The highest BCUT2D eigenvalue weighted by atomic mass is 19.4. The van der Waals surface area contributed by atoms with E-state index in [1.165, 1.54) is 42.4 Å². The fraction of sp³-hybridized carbons (Fsp3) is 0.566. The number of piperazine rings is 1. The molecule has 1 aliphatic heterocycles. The fourth-order valence-corrected chi connectivity index (χ4v) is 10.3. The Morgan fingerprint density at radius 2 is 0.941 bits per heavy atom. The number of anilines is 2. The summed E-state index contributed by atoms with van der Waals surface area (Å²) >= 11 is 0. The number of benzene rings is 4. The highest BCUT2D eigenvalue weighted by molar-refractivity contribution is 6.06. The van der Waals surface area contributed by atoms with Crippen LogP contribution in [0.5, 0.6) is 0 Å². The number of halogens is 3. The Morgan fingerprint density at radius 1 is 0.490 bits per heavy atom. The summed E-state index contributed by atoms with van der Waals surface area (Å²) in [5, 5.41) is 5.74. The molecule has 1 fully saturated rings. The maximum absolute atomic E-state index is 13.7. The number of alkyl halides is 3. The Morgan fingerprint density at radius 3 is 1.43 bits per heavy atom. The van der Waals surface area contributed by atoms with E-state index in [0.29, 0.717) is 226 Å². The lowest BCUT2D eigenvalue weighted by Crippen LogP contribution is -2.50. The third-order valence-corrected chi connectivity index (χ3v) is 15.9. The van der Waals surface area contributed by atoms with Crippen molar-refractivity contribution in [2.45, 2.75) is 72.5 Å². The van der Waals surface area contributed by atoms with Gasteiger partial charge in [-0.3, -0.25) is 24.2 Å². The summed E-state index contributed by atoms with van der Waals surface area (Å²) in [5.74, 6) is -0.746. The zero-order chi connectivity index (χ0) is 73.1. The number of amides is 4. The van der Waals surface area contributed by atoms with E-state index in [0.717, 1.165) is 62.3 Å². The molecule has 1 aliphatic rings. The van der Waals surface area contributed by atoms with Gasteiger partial charge in [-0.2, -0.15) is 13.2 Å². The Balaban J connectivity index is 0.000000440. The Hall–Kier alpha value is -7.02. The van der Waals surface area contributed by atoms with Gasteiger partial charge in [0.1, 0.15) is 0 Å². The average molecular weight is 1440 g/mol. The molecule has 1 aromatic heterocycles. The van der Waals surface area contributed by atoms with Crippen LogP contribution in [0, 0.1) is 6.92 Å². The van der Waals surface area contributed by atoms with Gasteiger partial charge in [-0.05, 0) is 118 Å². The summed E-state index contributed by atoms with van der Waals surface area (Å²) in [6, 6.07) is 29.6. The van der Waals surface area contributed by atoms with E-state index in [2.05, 4.69) is 51.7 Å². The van der Waals surface area contributed by atoms with Crippen molar-refractivity contribution in [3.8, 4) is 11.3 Å². The summed E-state index contributed by atoms with van der Waals surface area (Å²) in [4.78, 5) is 60.9. The lowest BCUT2D eigenvalue weighted by molar-refractivity contribution is -0.139. The molecule has 6 rings (SSSR count). The Kier molecular flexibility index (Phi) is 44.4. The van der Waals surface area contributed by atoms with Crippen LogP contribution in [0.1, 0.15) is 88.6 Å². The molecule has 566 valence electrons. The molecule has 2 N–H and O–H groups in total. The van der Waals surface area contributed by atoms with Gasteiger partial charge in [0.15, 0.2) is 0 Å². The van der Waals surface area contributed by atoms with Gasteiger partial charge in [0.2, 0.25) is 11.8 Å². The van der Waals surface area contributed by atoms with Gasteiger partial charge in [-0.15, -0.1) is 0 Å². The summed E-state index contributed by atoms with van der Waals surface area (Å²) in [6.45, 7) is 24.3. The molecule has 102 heavy (non-hydrogen) atoms. The van der Waals surface area contributed by atoms with Crippen LogP contribution in [0.2, 0.25) is 0 Å². The van der Waals surface area contributed by atoms with Crippen LogP contribution in [0.3, 0.4) is 0 Å². The van der Waals surface area contributed by atoms with Gasteiger partial charge in [-0.1, -0.05) is 54.1 Å². The van der Waals surface area contributed by atoms with Crippen LogP contribution < -0.4 is 15.5 Å². The summed E-state index contributed by atoms with van der Waals surface area (Å²) in [6.07, 6.45) is 0.788. The summed E-state index contributed by atoms with van der Waals surface area (Å²) in [7, 11) is 1.65. The standard InChI is InChI=1S/C49H61F3N6O8.C27H48O9/c1-4-56(5-2)42-14-15-44(43(34-42)45-33-40(16-18-53-45)47(61)54-35-38-10-7-13-41(32-38)49(50,51)52)55-48(62)39-12-6-9-37(31-39)11-8-23-63-25-27-65-29-30-66-28-26-64-24-17-46(60)58-21-19-57(20-22-58)36(3)59;1-26-5-3-6-27(25-26)7-4-8-29-11-12-31-15-16-33-19-20-35-23-24-36-22-21-34-18-17-32-14-13-30-10-9-28-2/h6-7,9-10,12-16,18,31-34H,4-5,8,11,17,19-30,35H2,1-3H3,(H,54,61)(H,55,62);3,5-6,25H,4,7-24H2,1-2H3. The third-order valence-electron chi connectivity index (χ3n) is 15.9. The first kappa shape index (κ1) is 85.6. The zero-order valence-electron chi connectivity index (χ0n) is 60.4. The van der Waals surface area contributed by atoms with E-state index < -0.39 is 17.6 Å². The van der Waals surface area contributed by atoms with Crippen molar-refractivity contribution in [1.29, 1.82) is 0 Å². The van der Waals surface area contributed by atoms with E-state index in [1.54, 1.807) is 29.0 Å². The molecule has 0 unspecified atom stereocenters. The molecule has 4 amide bonds. The van der Waals surface area contributed by atoms with Crippen molar-refractivity contribution < 1.29 is 93.9 Å². The lowest BCUT2D eigenvalue weighted by Gasteiger charge is -2.34. The largest absolute Gasteiger partial charge is 0.416 e. The quantitative estimate of drug-likeness (QED) is 0.0345. The van der Waals surface area contributed by atoms with Crippen molar-refractivity contribution in [3.05, 3.63) is 148 Å². The molecule has 23 nitrogen and oxygen atoms in total. The van der Waals surface area contributed by atoms with Crippen LogP contribution in [0.4, 0.5) is 24.5 Å². The van der Waals surface area contributed by atoms with Crippen LogP contribution in [0.25, 0.3) is 11.3 Å². The second-order valence-electron chi connectivity index (χ2n) is 23.5. The number of pyridine rings is 1. The Labute approximate surface area is 600 Å². The fourth-order valence-electron chi connectivity index (χ4n) is 10.3. The monoisotopic (exact) mass is 1430 g/mol. The number of nitrogens with one attached hydrogen (secondary N) is 2.